The second kappa shape index (κ2) is 8.44. The lowest BCUT2D eigenvalue weighted by Gasteiger charge is -2.31. The summed E-state index contributed by atoms with van der Waals surface area (Å²) in [6, 6.07) is 18.0. The average Bonchev–Trinajstić information content (AvgIpc) is 3.43. The predicted molar refractivity (Wildman–Crippen MR) is 134 cm³/mol. The first kappa shape index (κ1) is 21.2. The molecule has 4 nitrogen and oxygen atoms in total. The van der Waals surface area contributed by atoms with Crippen molar-refractivity contribution >= 4 is 23.1 Å². The fourth-order valence-corrected chi connectivity index (χ4v) is 6.69. The van der Waals surface area contributed by atoms with Crippen LogP contribution in [-0.2, 0) is 19.4 Å². The lowest BCUT2D eigenvalue weighted by atomic mass is 9.95. The summed E-state index contributed by atoms with van der Waals surface area (Å²) in [5, 5.41) is 4.37. The van der Waals surface area contributed by atoms with Gasteiger partial charge in [0.05, 0.1) is 18.3 Å². The van der Waals surface area contributed by atoms with Gasteiger partial charge < -0.3 is 14.8 Å². The van der Waals surface area contributed by atoms with E-state index in [9.17, 15) is 9.18 Å². The number of fused-ring (bicyclic) bond motifs is 5. The van der Waals surface area contributed by atoms with Crippen molar-refractivity contribution in [2.45, 2.75) is 45.2 Å². The largest absolute Gasteiger partial charge is 0.322 e. The van der Waals surface area contributed by atoms with E-state index in [1.54, 1.807) is 12.1 Å². The van der Waals surface area contributed by atoms with Crippen molar-refractivity contribution in [2.75, 3.05) is 5.32 Å². The quantitative estimate of drug-likeness (QED) is 0.336. The molecule has 1 aliphatic carbocycles. The highest BCUT2D eigenvalue weighted by atomic mass is 32.1. The van der Waals surface area contributed by atoms with Crippen LogP contribution in [-0.4, -0.2) is 15.5 Å². The van der Waals surface area contributed by atoms with Crippen molar-refractivity contribution in [3.63, 3.8) is 0 Å². The number of halogens is 1. The van der Waals surface area contributed by atoms with Crippen LogP contribution in [0.1, 0.15) is 51.7 Å². The third-order valence-corrected chi connectivity index (χ3v) is 8.35. The van der Waals surface area contributed by atoms with Crippen LogP contribution in [0.25, 0.3) is 5.00 Å². The Morgan fingerprint density at radius 1 is 1.00 bits per heavy atom. The average molecular weight is 472 g/mol. The van der Waals surface area contributed by atoms with Crippen molar-refractivity contribution in [2.24, 2.45) is 0 Å². The van der Waals surface area contributed by atoms with E-state index >= 15 is 0 Å². The molecule has 0 fully saturated rings. The number of nitrogens with one attached hydrogen (secondary N) is 1. The number of carbonyl (C=O) groups excluding carboxylic acids is 1. The number of hydrogen-bond acceptors (Lipinski definition) is 2. The third-order valence-electron chi connectivity index (χ3n) is 7.01. The molecule has 0 bridgehead atoms. The predicted octanol–water partition coefficient (Wildman–Crippen LogP) is 7.00. The lowest BCUT2D eigenvalue weighted by Crippen LogP contribution is -2.38. The van der Waals surface area contributed by atoms with Gasteiger partial charge in [-0.15, -0.1) is 11.3 Å². The van der Waals surface area contributed by atoms with Crippen LogP contribution in [0.5, 0.6) is 0 Å². The number of rotatable bonds is 2. The maximum absolute atomic E-state index is 13.9. The molecule has 4 aromatic rings. The molecule has 2 aromatic carbocycles. The maximum atomic E-state index is 13.9. The zero-order valence-corrected chi connectivity index (χ0v) is 19.9. The highest BCUT2D eigenvalue weighted by Gasteiger charge is 2.36. The Bertz CT molecular complexity index is 1370. The number of aryl methyl sites for hydroxylation is 2. The molecule has 1 unspecified atom stereocenters. The first-order valence-corrected chi connectivity index (χ1v) is 12.6. The molecule has 0 saturated carbocycles. The number of aromatic nitrogens is 1. The molecule has 3 heterocycles. The molecule has 2 amide bonds. The van der Waals surface area contributed by atoms with Crippen LogP contribution in [0.3, 0.4) is 0 Å². The summed E-state index contributed by atoms with van der Waals surface area (Å²) in [5.41, 5.74) is 6.40. The number of benzene rings is 2. The molecule has 0 radical (unpaired) electrons. The van der Waals surface area contributed by atoms with Crippen LogP contribution in [0, 0.1) is 12.7 Å². The van der Waals surface area contributed by atoms with E-state index in [0.717, 1.165) is 35.3 Å². The standard InChI is InChI=1S/C28H26FN3OS/c1-18-7-2-4-9-23(18)30-28(33)32-17-22-21-8-3-5-11-25(21)34-27(22)31-16-6-10-24(31)26(32)19-12-14-20(29)15-13-19/h2,4,6-7,9-10,12-16,26H,3,5,8,11,17H2,1H3,(H,30,33). The van der Waals surface area contributed by atoms with Gasteiger partial charge in [-0.1, -0.05) is 30.3 Å². The molecule has 1 atom stereocenters. The first-order valence-electron chi connectivity index (χ1n) is 11.8. The van der Waals surface area contributed by atoms with E-state index in [1.807, 2.05) is 53.5 Å². The minimum Gasteiger partial charge on any atom is -0.310 e. The smallest absolute Gasteiger partial charge is 0.310 e. The SMILES string of the molecule is Cc1ccccc1NC(=O)N1Cc2c(sc3c2CCCC3)-n2cccc2C1c1ccc(F)cc1. The third kappa shape index (κ3) is 3.53. The fraction of sp³-hybridized carbons (Fsp3) is 0.250. The van der Waals surface area contributed by atoms with Gasteiger partial charge in [0.25, 0.3) is 0 Å². The van der Waals surface area contributed by atoms with E-state index in [0.29, 0.717) is 6.54 Å². The molecule has 172 valence electrons. The Morgan fingerprint density at radius 2 is 1.79 bits per heavy atom. The number of carbonyl (C=O) groups is 1. The molecule has 34 heavy (non-hydrogen) atoms. The summed E-state index contributed by atoms with van der Waals surface area (Å²) in [7, 11) is 0. The van der Waals surface area contributed by atoms with Crippen LogP contribution in [0.15, 0.2) is 66.9 Å². The van der Waals surface area contributed by atoms with Crippen molar-refractivity contribution in [1.82, 2.24) is 9.47 Å². The molecule has 0 spiro atoms. The number of para-hydroxylation sites is 1. The highest BCUT2D eigenvalue weighted by molar-refractivity contribution is 7.15. The normalized spacial score (nSPS) is 16.9. The first-order chi connectivity index (χ1) is 16.6. The monoisotopic (exact) mass is 471 g/mol. The Kier molecular flexibility index (Phi) is 5.26. The molecule has 6 heteroatoms. The zero-order valence-electron chi connectivity index (χ0n) is 19.1. The minimum absolute atomic E-state index is 0.153. The van der Waals surface area contributed by atoms with Gasteiger partial charge in [0.15, 0.2) is 0 Å². The maximum Gasteiger partial charge on any atom is 0.322 e. The number of anilines is 1. The highest BCUT2D eigenvalue weighted by Crippen LogP contribution is 2.44. The summed E-state index contributed by atoms with van der Waals surface area (Å²) in [4.78, 5) is 17.3. The second-order valence-electron chi connectivity index (χ2n) is 9.12. The van der Waals surface area contributed by atoms with Gasteiger partial charge in [0, 0.05) is 22.3 Å². The van der Waals surface area contributed by atoms with Crippen molar-refractivity contribution in [3.05, 3.63) is 106 Å². The van der Waals surface area contributed by atoms with Gasteiger partial charge in [0.1, 0.15) is 10.8 Å². The second-order valence-corrected chi connectivity index (χ2v) is 10.2. The van der Waals surface area contributed by atoms with E-state index in [1.165, 1.54) is 46.0 Å². The Morgan fingerprint density at radius 3 is 2.62 bits per heavy atom. The topological polar surface area (TPSA) is 37.3 Å². The van der Waals surface area contributed by atoms with Gasteiger partial charge in [-0.25, -0.2) is 9.18 Å². The molecule has 0 saturated heterocycles. The van der Waals surface area contributed by atoms with Crippen LogP contribution in [0.2, 0.25) is 0 Å². The zero-order chi connectivity index (χ0) is 23.2. The van der Waals surface area contributed by atoms with Gasteiger partial charge in [-0.3, -0.25) is 0 Å². The summed E-state index contributed by atoms with van der Waals surface area (Å²) in [5.74, 6) is -0.281. The Labute approximate surface area is 202 Å². The molecule has 2 aliphatic rings. The van der Waals surface area contributed by atoms with Gasteiger partial charge in [-0.05, 0) is 79.6 Å². The molecule has 6 rings (SSSR count). The van der Waals surface area contributed by atoms with E-state index in [-0.39, 0.29) is 17.9 Å². The molecular formula is C28H26FN3OS. The summed E-state index contributed by atoms with van der Waals surface area (Å²) >= 11 is 1.86. The fourth-order valence-electron chi connectivity index (χ4n) is 5.28. The Balaban J connectivity index is 1.51. The van der Waals surface area contributed by atoms with E-state index < -0.39 is 0 Å². The molecule has 1 aliphatic heterocycles. The Hall–Kier alpha value is -3.38. The molecule has 2 aromatic heterocycles. The summed E-state index contributed by atoms with van der Waals surface area (Å²) in [6.07, 6.45) is 6.67. The molecule has 1 N–H and O–H groups in total. The van der Waals surface area contributed by atoms with Crippen LogP contribution >= 0.6 is 11.3 Å². The van der Waals surface area contributed by atoms with Gasteiger partial charge in [-0.2, -0.15) is 0 Å². The van der Waals surface area contributed by atoms with Crippen LogP contribution < -0.4 is 5.32 Å². The van der Waals surface area contributed by atoms with Crippen LogP contribution in [0.4, 0.5) is 14.9 Å². The molecular weight excluding hydrogens is 445 g/mol. The number of hydrogen-bond donors (Lipinski definition) is 1. The van der Waals surface area contributed by atoms with Gasteiger partial charge >= 0.3 is 6.03 Å². The summed E-state index contributed by atoms with van der Waals surface area (Å²) in [6.45, 7) is 2.51. The number of urea groups is 1. The minimum atomic E-state index is -0.335. The lowest BCUT2D eigenvalue weighted by molar-refractivity contribution is 0.194. The number of nitrogens with zero attached hydrogens (tertiary/aromatic N) is 2. The van der Waals surface area contributed by atoms with Crippen molar-refractivity contribution in [1.29, 1.82) is 0 Å². The van der Waals surface area contributed by atoms with Gasteiger partial charge in [0.2, 0.25) is 0 Å². The van der Waals surface area contributed by atoms with E-state index in [4.69, 9.17) is 0 Å². The summed E-state index contributed by atoms with van der Waals surface area (Å²) < 4.78 is 16.1. The number of thiophene rings is 1. The number of amides is 2. The van der Waals surface area contributed by atoms with Crippen molar-refractivity contribution in [3.8, 4) is 5.00 Å². The van der Waals surface area contributed by atoms with E-state index in [2.05, 4.69) is 22.1 Å². The van der Waals surface area contributed by atoms with Crippen molar-refractivity contribution < 1.29 is 9.18 Å².